The van der Waals surface area contributed by atoms with Gasteiger partial charge in [-0.15, -0.1) is 0 Å². The lowest BCUT2D eigenvalue weighted by atomic mass is 9.90. The predicted molar refractivity (Wildman–Crippen MR) is 99.3 cm³/mol. The van der Waals surface area contributed by atoms with Crippen molar-refractivity contribution in [3.63, 3.8) is 0 Å². The van der Waals surface area contributed by atoms with E-state index in [0.717, 1.165) is 0 Å². The number of hydrogen-bond donors (Lipinski definition) is 4. The van der Waals surface area contributed by atoms with E-state index in [9.17, 15) is 36.2 Å². The molecule has 2 saturated heterocycles. The van der Waals surface area contributed by atoms with Gasteiger partial charge in [0.1, 0.15) is 5.54 Å². The van der Waals surface area contributed by atoms with Gasteiger partial charge in [-0.1, -0.05) is 0 Å². The van der Waals surface area contributed by atoms with Crippen LogP contribution >= 0.6 is 0 Å². The minimum Gasteiger partial charge on any atom is -0.369 e. The highest BCUT2D eigenvalue weighted by Crippen LogP contribution is 2.49. The van der Waals surface area contributed by atoms with E-state index in [1.165, 1.54) is 0 Å². The number of hydrogen-bond acceptors (Lipinski definition) is 7. The summed E-state index contributed by atoms with van der Waals surface area (Å²) in [5, 5.41) is 18.6. The van der Waals surface area contributed by atoms with Crippen molar-refractivity contribution < 1.29 is 36.2 Å². The third-order valence-corrected chi connectivity index (χ3v) is 5.98. The molecule has 180 valence electrons. The number of rotatable bonds is 4. The third-order valence-electron chi connectivity index (χ3n) is 5.98. The molecule has 0 bridgehead atoms. The van der Waals surface area contributed by atoms with Crippen molar-refractivity contribution in [3.05, 3.63) is 23.8 Å². The minimum absolute atomic E-state index is 0.0538. The SMILES string of the molecule is CC1(C)C(=O)NCCN1C[C@@]1(c2ncc(C(O)(C(F)(F)F)C(F)(F)F)cn2)CNCCN1. The second kappa shape index (κ2) is 8.08. The van der Waals surface area contributed by atoms with Crippen molar-refractivity contribution in [1.29, 1.82) is 0 Å². The molecule has 2 aliphatic heterocycles. The lowest BCUT2D eigenvalue weighted by Crippen LogP contribution is -2.69. The average molecular weight is 470 g/mol. The molecule has 1 amide bonds. The smallest absolute Gasteiger partial charge is 0.369 e. The lowest BCUT2D eigenvalue weighted by Gasteiger charge is -2.47. The molecule has 0 saturated carbocycles. The number of aliphatic hydroxyl groups is 1. The fraction of sp³-hybridized carbons (Fsp3) is 0.722. The van der Waals surface area contributed by atoms with Crippen molar-refractivity contribution in [3.8, 4) is 0 Å². The van der Waals surface area contributed by atoms with Crippen LogP contribution in [0.25, 0.3) is 0 Å². The van der Waals surface area contributed by atoms with Gasteiger partial charge in [-0.2, -0.15) is 26.3 Å². The maximum absolute atomic E-state index is 13.2. The second-order valence-corrected chi connectivity index (χ2v) is 8.42. The largest absolute Gasteiger partial charge is 0.430 e. The molecule has 0 aliphatic carbocycles. The summed E-state index contributed by atoms with van der Waals surface area (Å²) in [6, 6.07) is 0. The Morgan fingerprint density at radius 1 is 1.06 bits per heavy atom. The van der Waals surface area contributed by atoms with Gasteiger partial charge in [0.2, 0.25) is 5.91 Å². The number of amides is 1. The summed E-state index contributed by atoms with van der Waals surface area (Å²) < 4.78 is 78.9. The molecule has 3 heterocycles. The second-order valence-electron chi connectivity index (χ2n) is 8.42. The Morgan fingerprint density at radius 2 is 1.66 bits per heavy atom. The van der Waals surface area contributed by atoms with Crippen molar-refractivity contribution in [2.75, 3.05) is 39.3 Å². The van der Waals surface area contributed by atoms with Gasteiger partial charge < -0.3 is 21.1 Å². The molecule has 0 unspecified atom stereocenters. The van der Waals surface area contributed by atoms with Gasteiger partial charge in [-0.25, -0.2) is 9.97 Å². The zero-order chi connectivity index (χ0) is 24.0. The quantitative estimate of drug-likeness (QED) is 0.472. The Labute approximate surface area is 179 Å². The summed E-state index contributed by atoms with van der Waals surface area (Å²) in [4.78, 5) is 21.7. The third kappa shape index (κ3) is 4.04. The molecule has 32 heavy (non-hydrogen) atoms. The first-order valence-electron chi connectivity index (χ1n) is 9.83. The van der Waals surface area contributed by atoms with Gasteiger partial charge >= 0.3 is 12.4 Å². The number of nitrogens with zero attached hydrogens (tertiary/aromatic N) is 3. The zero-order valence-electron chi connectivity index (χ0n) is 17.4. The van der Waals surface area contributed by atoms with Crippen LogP contribution in [0, 0.1) is 0 Å². The van der Waals surface area contributed by atoms with Crippen LogP contribution in [0.4, 0.5) is 26.3 Å². The van der Waals surface area contributed by atoms with E-state index in [1.54, 1.807) is 13.8 Å². The van der Waals surface area contributed by atoms with E-state index >= 15 is 0 Å². The maximum atomic E-state index is 13.2. The number of aromatic nitrogens is 2. The molecule has 1 atom stereocenters. The van der Waals surface area contributed by atoms with Gasteiger partial charge in [-0.05, 0) is 13.8 Å². The van der Waals surface area contributed by atoms with Crippen LogP contribution in [0.15, 0.2) is 12.4 Å². The van der Waals surface area contributed by atoms with E-state index in [0.29, 0.717) is 38.6 Å². The molecule has 0 radical (unpaired) electrons. The molecule has 3 rings (SSSR count). The zero-order valence-corrected chi connectivity index (χ0v) is 17.4. The van der Waals surface area contributed by atoms with Gasteiger partial charge in [0.05, 0.1) is 5.54 Å². The molecule has 2 aliphatic rings. The molecule has 1 aromatic rings. The first-order chi connectivity index (χ1) is 14.7. The first-order valence-corrected chi connectivity index (χ1v) is 9.83. The Hall–Kier alpha value is -2.03. The van der Waals surface area contributed by atoms with Crippen LogP contribution in [-0.2, 0) is 15.9 Å². The number of halogens is 6. The van der Waals surface area contributed by atoms with Crippen molar-refractivity contribution in [2.24, 2.45) is 0 Å². The maximum Gasteiger partial charge on any atom is 0.430 e. The normalized spacial score (nSPS) is 25.5. The molecule has 1 aromatic heterocycles. The highest BCUT2D eigenvalue weighted by molar-refractivity contribution is 5.86. The summed E-state index contributed by atoms with van der Waals surface area (Å²) in [7, 11) is 0. The van der Waals surface area contributed by atoms with Gasteiger partial charge in [0, 0.05) is 57.2 Å². The predicted octanol–water partition coefficient (Wildman–Crippen LogP) is 0.387. The monoisotopic (exact) mass is 470 g/mol. The van der Waals surface area contributed by atoms with Crippen LogP contribution in [0.2, 0.25) is 0 Å². The molecular weight excluding hydrogens is 446 g/mol. The van der Waals surface area contributed by atoms with Gasteiger partial charge in [0.25, 0.3) is 5.60 Å². The summed E-state index contributed by atoms with van der Waals surface area (Å²) in [5.74, 6) is -0.263. The van der Waals surface area contributed by atoms with E-state index in [2.05, 4.69) is 25.9 Å². The first kappa shape index (κ1) is 24.6. The summed E-state index contributed by atoms with van der Waals surface area (Å²) in [5.41, 5.74) is -8.62. The van der Waals surface area contributed by atoms with Crippen molar-refractivity contribution in [2.45, 2.75) is 42.9 Å². The summed E-state index contributed by atoms with van der Waals surface area (Å²) in [6.07, 6.45) is -11.4. The van der Waals surface area contributed by atoms with E-state index in [-0.39, 0.29) is 24.8 Å². The Balaban J connectivity index is 1.99. The fourth-order valence-electron chi connectivity index (χ4n) is 3.89. The van der Waals surface area contributed by atoms with Crippen molar-refractivity contribution >= 4 is 5.91 Å². The summed E-state index contributed by atoms with van der Waals surface area (Å²) in [6.45, 7) is 5.68. The molecular formula is C18H24F6N6O2. The number of nitrogens with one attached hydrogen (secondary N) is 3. The number of carbonyl (C=O) groups is 1. The van der Waals surface area contributed by atoms with E-state index < -0.39 is 34.6 Å². The van der Waals surface area contributed by atoms with Crippen LogP contribution in [0.3, 0.4) is 0 Å². The van der Waals surface area contributed by atoms with E-state index in [1.807, 2.05) is 4.90 Å². The Bertz CT molecular complexity index is 822. The van der Waals surface area contributed by atoms with E-state index in [4.69, 9.17) is 0 Å². The van der Waals surface area contributed by atoms with Gasteiger partial charge in [0.15, 0.2) is 5.82 Å². The van der Waals surface area contributed by atoms with Crippen LogP contribution < -0.4 is 16.0 Å². The highest BCUT2D eigenvalue weighted by Gasteiger charge is 2.71. The number of piperazine rings is 2. The van der Waals surface area contributed by atoms with Gasteiger partial charge in [-0.3, -0.25) is 9.69 Å². The molecule has 4 N–H and O–H groups in total. The average Bonchev–Trinajstić information content (AvgIpc) is 2.70. The Morgan fingerprint density at radius 3 is 2.16 bits per heavy atom. The van der Waals surface area contributed by atoms with Crippen LogP contribution in [-0.4, -0.2) is 83.0 Å². The Kier molecular flexibility index (Phi) is 6.21. The molecule has 0 aromatic carbocycles. The molecule has 2 fully saturated rings. The van der Waals surface area contributed by atoms with Crippen LogP contribution in [0.5, 0.6) is 0 Å². The standard InChI is InChI=1S/C18H24F6N6O2/c1-14(2)13(31)26-5-6-30(14)10-15(9-25-3-4-29-15)12-27-7-11(8-28-12)16(32,17(19,20)21)18(22,23)24/h7-8,25,29,32H,3-6,9-10H2,1-2H3,(H,26,31)/t15-/m1/s1. The number of carbonyl (C=O) groups excluding carboxylic acids is 1. The van der Waals surface area contributed by atoms with Crippen LogP contribution in [0.1, 0.15) is 25.2 Å². The fourth-order valence-corrected chi connectivity index (χ4v) is 3.89. The summed E-state index contributed by atoms with van der Waals surface area (Å²) >= 11 is 0. The lowest BCUT2D eigenvalue weighted by molar-refractivity contribution is -0.376. The van der Waals surface area contributed by atoms with Crippen molar-refractivity contribution in [1.82, 2.24) is 30.8 Å². The molecule has 14 heteroatoms. The topological polar surface area (TPSA) is 102 Å². The number of alkyl halides is 6. The highest BCUT2D eigenvalue weighted by atomic mass is 19.4. The molecule has 8 nitrogen and oxygen atoms in total. The molecule has 0 spiro atoms. The minimum atomic E-state index is -6.02.